The molecule has 0 spiro atoms. The molecule has 0 aliphatic heterocycles. The zero-order chi connectivity index (χ0) is 18.1. The van der Waals surface area contributed by atoms with Crippen LogP contribution in [0.1, 0.15) is 15.9 Å². The number of aromatic nitrogens is 6. The number of ketones is 1. The third-order valence-corrected chi connectivity index (χ3v) is 4.15. The van der Waals surface area contributed by atoms with E-state index in [-0.39, 0.29) is 5.78 Å². The first-order chi connectivity index (χ1) is 12.6. The van der Waals surface area contributed by atoms with Gasteiger partial charge in [0.2, 0.25) is 0 Å². The Kier molecular flexibility index (Phi) is 3.89. The molecule has 0 saturated carbocycles. The van der Waals surface area contributed by atoms with Crippen molar-refractivity contribution in [1.82, 2.24) is 29.1 Å². The molecular weight excluding hydrogens is 328 g/mol. The Labute approximate surface area is 150 Å². The summed E-state index contributed by atoms with van der Waals surface area (Å²) >= 11 is 0. The number of rotatable bonds is 4. The molecule has 0 amide bonds. The van der Waals surface area contributed by atoms with Gasteiger partial charge in [0.1, 0.15) is 11.4 Å². The van der Waals surface area contributed by atoms with E-state index in [1.165, 1.54) is 0 Å². The number of hydrogen-bond donors (Lipinski definition) is 0. The van der Waals surface area contributed by atoms with Crippen LogP contribution in [0.5, 0.6) is 0 Å². The molecule has 128 valence electrons. The maximum absolute atomic E-state index is 12.7. The van der Waals surface area contributed by atoms with E-state index < -0.39 is 0 Å². The van der Waals surface area contributed by atoms with Crippen LogP contribution >= 0.6 is 0 Å². The number of nitrogens with zero attached hydrogens (tertiary/aromatic N) is 6. The second-order valence-electron chi connectivity index (χ2n) is 5.92. The van der Waals surface area contributed by atoms with Crippen molar-refractivity contribution in [1.29, 1.82) is 0 Å². The predicted molar refractivity (Wildman–Crippen MR) is 96.3 cm³/mol. The number of pyridine rings is 2. The minimum atomic E-state index is -0.122. The topological polar surface area (TPSA) is 78.5 Å². The molecule has 7 nitrogen and oxygen atoms in total. The number of imidazole rings is 2. The lowest BCUT2D eigenvalue weighted by atomic mass is 10.1. The minimum Gasteiger partial charge on any atom is -0.333 e. The van der Waals surface area contributed by atoms with Crippen LogP contribution in [0.3, 0.4) is 0 Å². The average molecular weight is 344 g/mol. The van der Waals surface area contributed by atoms with Crippen molar-refractivity contribution in [2.75, 3.05) is 0 Å². The van der Waals surface area contributed by atoms with Crippen molar-refractivity contribution in [2.24, 2.45) is 14.1 Å². The Morgan fingerprint density at radius 3 is 1.50 bits per heavy atom. The summed E-state index contributed by atoms with van der Waals surface area (Å²) in [6.45, 7) is 0. The van der Waals surface area contributed by atoms with Gasteiger partial charge in [-0.1, -0.05) is 0 Å². The standard InChI is InChI=1S/C19H16N6O/c1-24-9-7-20-18(24)15-5-3-13(11-22-15)17(26)14-4-6-16(23-12-14)19-21-8-10-25(19)2/h3-12H,1-2H3. The lowest BCUT2D eigenvalue weighted by molar-refractivity contribution is 0.103. The molecule has 0 unspecified atom stereocenters. The Bertz CT molecular complexity index is 974. The van der Waals surface area contributed by atoms with Crippen LogP contribution in [0.2, 0.25) is 0 Å². The van der Waals surface area contributed by atoms with Crippen LogP contribution in [0.25, 0.3) is 23.0 Å². The van der Waals surface area contributed by atoms with Crippen LogP contribution in [-0.2, 0) is 14.1 Å². The van der Waals surface area contributed by atoms with E-state index in [0.717, 1.165) is 23.0 Å². The Balaban J connectivity index is 1.58. The van der Waals surface area contributed by atoms with Gasteiger partial charge in [-0.15, -0.1) is 0 Å². The highest BCUT2D eigenvalue weighted by Crippen LogP contribution is 2.18. The van der Waals surface area contributed by atoms with E-state index in [0.29, 0.717) is 11.1 Å². The first-order valence-corrected chi connectivity index (χ1v) is 8.05. The quantitative estimate of drug-likeness (QED) is 0.532. The Hall–Kier alpha value is -3.61. The molecule has 0 N–H and O–H groups in total. The highest BCUT2D eigenvalue weighted by atomic mass is 16.1. The van der Waals surface area contributed by atoms with Crippen molar-refractivity contribution in [2.45, 2.75) is 0 Å². The lowest BCUT2D eigenvalue weighted by Gasteiger charge is -2.05. The molecule has 4 heterocycles. The van der Waals surface area contributed by atoms with Gasteiger partial charge in [-0.05, 0) is 24.3 Å². The second-order valence-corrected chi connectivity index (χ2v) is 5.92. The molecule has 4 aromatic heterocycles. The Morgan fingerprint density at radius 2 is 1.19 bits per heavy atom. The second kappa shape index (κ2) is 6.36. The van der Waals surface area contributed by atoms with E-state index >= 15 is 0 Å². The zero-order valence-corrected chi connectivity index (χ0v) is 14.4. The van der Waals surface area contributed by atoms with E-state index in [1.807, 2.05) is 35.6 Å². The maximum atomic E-state index is 12.7. The van der Waals surface area contributed by atoms with Gasteiger partial charge in [0.05, 0.1) is 0 Å². The van der Waals surface area contributed by atoms with Gasteiger partial charge in [-0.25, -0.2) is 9.97 Å². The summed E-state index contributed by atoms with van der Waals surface area (Å²) in [7, 11) is 3.80. The van der Waals surface area contributed by atoms with E-state index in [1.54, 1.807) is 49.1 Å². The van der Waals surface area contributed by atoms with Crippen LogP contribution in [0.4, 0.5) is 0 Å². The molecule has 0 atom stereocenters. The molecule has 0 aliphatic carbocycles. The summed E-state index contributed by atoms with van der Waals surface area (Å²) in [5.74, 6) is 1.39. The fraction of sp³-hybridized carbons (Fsp3) is 0.105. The van der Waals surface area contributed by atoms with Gasteiger partial charge >= 0.3 is 0 Å². The maximum Gasteiger partial charge on any atom is 0.196 e. The van der Waals surface area contributed by atoms with Gasteiger partial charge < -0.3 is 9.13 Å². The van der Waals surface area contributed by atoms with Crippen molar-refractivity contribution < 1.29 is 4.79 Å². The summed E-state index contributed by atoms with van der Waals surface area (Å²) in [4.78, 5) is 29.9. The third kappa shape index (κ3) is 2.79. The van der Waals surface area contributed by atoms with E-state index in [9.17, 15) is 4.79 Å². The van der Waals surface area contributed by atoms with Crippen molar-refractivity contribution in [3.8, 4) is 23.0 Å². The molecule has 4 rings (SSSR count). The van der Waals surface area contributed by atoms with Crippen LogP contribution in [-0.4, -0.2) is 34.9 Å². The Morgan fingerprint density at radius 1 is 0.731 bits per heavy atom. The molecule has 0 radical (unpaired) electrons. The van der Waals surface area contributed by atoms with Gasteiger partial charge in [-0.2, -0.15) is 0 Å². The number of carbonyl (C=O) groups is 1. The van der Waals surface area contributed by atoms with Gasteiger partial charge in [0.15, 0.2) is 17.4 Å². The number of hydrogen-bond acceptors (Lipinski definition) is 5. The fourth-order valence-corrected chi connectivity index (χ4v) is 2.71. The molecular formula is C19H16N6O. The van der Waals surface area contributed by atoms with Gasteiger partial charge in [0.25, 0.3) is 0 Å². The smallest absolute Gasteiger partial charge is 0.196 e. The molecule has 0 saturated heterocycles. The predicted octanol–water partition coefficient (Wildman–Crippen LogP) is 2.51. The molecule has 0 aliphatic rings. The highest BCUT2D eigenvalue weighted by Gasteiger charge is 2.13. The summed E-state index contributed by atoms with van der Waals surface area (Å²) in [6.07, 6.45) is 10.3. The van der Waals surface area contributed by atoms with E-state index in [4.69, 9.17) is 0 Å². The largest absolute Gasteiger partial charge is 0.333 e. The molecule has 0 aromatic carbocycles. The average Bonchev–Trinajstić information content (AvgIpc) is 3.29. The first-order valence-electron chi connectivity index (χ1n) is 8.05. The zero-order valence-electron chi connectivity index (χ0n) is 14.4. The molecule has 26 heavy (non-hydrogen) atoms. The number of carbonyl (C=O) groups excluding carboxylic acids is 1. The third-order valence-electron chi connectivity index (χ3n) is 4.15. The van der Waals surface area contributed by atoms with Gasteiger partial charge in [0, 0.05) is 62.4 Å². The van der Waals surface area contributed by atoms with Crippen molar-refractivity contribution >= 4 is 5.78 Å². The molecule has 4 aromatic rings. The summed E-state index contributed by atoms with van der Waals surface area (Å²) < 4.78 is 3.76. The molecule has 7 heteroatoms. The monoisotopic (exact) mass is 344 g/mol. The van der Waals surface area contributed by atoms with Crippen molar-refractivity contribution in [3.63, 3.8) is 0 Å². The fourth-order valence-electron chi connectivity index (χ4n) is 2.71. The summed E-state index contributed by atoms with van der Waals surface area (Å²) in [5, 5.41) is 0. The van der Waals surface area contributed by atoms with Crippen LogP contribution in [0, 0.1) is 0 Å². The lowest BCUT2D eigenvalue weighted by Crippen LogP contribution is -2.04. The first kappa shape index (κ1) is 15.9. The SMILES string of the molecule is Cn1ccnc1-c1ccc(C(=O)c2ccc(-c3nccn3C)nc2)cn1. The van der Waals surface area contributed by atoms with Crippen LogP contribution in [0.15, 0.2) is 61.4 Å². The molecule has 0 bridgehead atoms. The minimum absolute atomic E-state index is 0.122. The summed E-state index contributed by atoms with van der Waals surface area (Å²) in [5.41, 5.74) is 2.46. The van der Waals surface area contributed by atoms with Crippen LogP contribution < -0.4 is 0 Å². The van der Waals surface area contributed by atoms with Crippen molar-refractivity contribution in [3.05, 3.63) is 72.6 Å². The normalized spacial score (nSPS) is 10.8. The van der Waals surface area contributed by atoms with Gasteiger partial charge in [-0.3, -0.25) is 14.8 Å². The highest BCUT2D eigenvalue weighted by molar-refractivity contribution is 6.08. The number of aryl methyl sites for hydroxylation is 2. The van der Waals surface area contributed by atoms with E-state index in [2.05, 4.69) is 19.9 Å². The summed E-state index contributed by atoms with van der Waals surface area (Å²) in [6, 6.07) is 7.11. The molecule has 0 fully saturated rings.